The first-order chi connectivity index (χ1) is 9.83. The molecule has 0 saturated heterocycles. The Balaban J connectivity index is 2.14. The van der Waals surface area contributed by atoms with E-state index in [1.54, 1.807) is 0 Å². The molecule has 2 heterocycles. The standard InChI is InChI=1S/C18H13NO/c1-12-9-10-19-15(11-12)13-6-4-8-17-18(13)14-5-2-3-7-16(14)20-17/h2-11H,1H3. The molecule has 96 valence electrons. The van der Waals surface area contributed by atoms with E-state index in [4.69, 9.17) is 4.42 Å². The van der Waals surface area contributed by atoms with Crippen LogP contribution in [0.1, 0.15) is 5.56 Å². The number of para-hydroxylation sites is 1. The summed E-state index contributed by atoms with van der Waals surface area (Å²) in [6, 6.07) is 18.4. The summed E-state index contributed by atoms with van der Waals surface area (Å²) in [4.78, 5) is 4.50. The number of rotatable bonds is 1. The fourth-order valence-corrected chi connectivity index (χ4v) is 2.67. The smallest absolute Gasteiger partial charge is 0.136 e. The Morgan fingerprint density at radius 3 is 2.65 bits per heavy atom. The van der Waals surface area contributed by atoms with Gasteiger partial charge in [-0.1, -0.05) is 30.3 Å². The molecular weight excluding hydrogens is 246 g/mol. The second kappa shape index (κ2) is 4.20. The van der Waals surface area contributed by atoms with Crippen molar-refractivity contribution < 1.29 is 4.42 Å². The molecule has 0 saturated carbocycles. The Hall–Kier alpha value is -2.61. The average Bonchev–Trinajstić information content (AvgIpc) is 2.85. The van der Waals surface area contributed by atoms with Gasteiger partial charge in [-0.2, -0.15) is 0 Å². The van der Waals surface area contributed by atoms with Gasteiger partial charge >= 0.3 is 0 Å². The predicted octanol–water partition coefficient (Wildman–Crippen LogP) is 4.96. The van der Waals surface area contributed by atoms with Crippen molar-refractivity contribution in [2.75, 3.05) is 0 Å². The lowest BCUT2D eigenvalue weighted by molar-refractivity contribution is 0.669. The lowest BCUT2D eigenvalue weighted by atomic mass is 10.0. The Morgan fingerprint density at radius 2 is 1.75 bits per heavy atom. The molecular formula is C18H13NO. The van der Waals surface area contributed by atoms with Crippen LogP contribution in [0, 0.1) is 6.92 Å². The normalized spacial score (nSPS) is 11.2. The number of furan rings is 1. The maximum Gasteiger partial charge on any atom is 0.136 e. The Labute approximate surface area is 116 Å². The number of pyridine rings is 1. The summed E-state index contributed by atoms with van der Waals surface area (Å²) in [6.07, 6.45) is 1.85. The van der Waals surface area contributed by atoms with Crippen molar-refractivity contribution in [3.8, 4) is 11.3 Å². The van der Waals surface area contributed by atoms with E-state index in [-0.39, 0.29) is 0 Å². The number of aryl methyl sites for hydroxylation is 1. The molecule has 0 aliphatic heterocycles. The van der Waals surface area contributed by atoms with Crippen molar-refractivity contribution in [1.82, 2.24) is 4.98 Å². The highest BCUT2D eigenvalue weighted by molar-refractivity contribution is 6.11. The molecule has 2 heteroatoms. The van der Waals surface area contributed by atoms with Gasteiger partial charge in [0, 0.05) is 22.5 Å². The molecule has 4 rings (SSSR count). The third kappa shape index (κ3) is 1.62. The van der Waals surface area contributed by atoms with Crippen LogP contribution in [-0.2, 0) is 0 Å². The Morgan fingerprint density at radius 1 is 0.900 bits per heavy atom. The summed E-state index contributed by atoms with van der Waals surface area (Å²) in [5.41, 5.74) is 5.15. The van der Waals surface area contributed by atoms with Gasteiger partial charge in [-0.05, 0) is 36.8 Å². The van der Waals surface area contributed by atoms with Crippen LogP contribution >= 0.6 is 0 Å². The van der Waals surface area contributed by atoms with E-state index < -0.39 is 0 Å². The number of aromatic nitrogens is 1. The summed E-state index contributed by atoms with van der Waals surface area (Å²) < 4.78 is 5.92. The van der Waals surface area contributed by atoms with E-state index in [2.05, 4.69) is 30.1 Å². The molecule has 0 unspecified atom stereocenters. The maximum atomic E-state index is 5.92. The van der Waals surface area contributed by atoms with Gasteiger partial charge in [-0.25, -0.2) is 0 Å². The highest BCUT2D eigenvalue weighted by Gasteiger charge is 2.12. The molecule has 0 atom stereocenters. The van der Waals surface area contributed by atoms with Crippen molar-refractivity contribution in [1.29, 1.82) is 0 Å². The van der Waals surface area contributed by atoms with Crippen molar-refractivity contribution in [3.05, 3.63) is 66.4 Å². The zero-order chi connectivity index (χ0) is 13.5. The van der Waals surface area contributed by atoms with Crippen molar-refractivity contribution >= 4 is 21.9 Å². The molecule has 2 nitrogen and oxygen atoms in total. The summed E-state index contributed by atoms with van der Waals surface area (Å²) in [6.45, 7) is 2.08. The van der Waals surface area contributed by atoms with Crippen molar-refractivity contribution in [3.63, 3.8) is 0 Å². The van der Waals surface area contributed by atoms with Gasteiger partial charge in [0.25, 0.3) is 0 Å². The van der Waals surface area contributed by atoms with Gasteiger partial charge in [-0.3, -0.25) is 4.98 Å². The SMILES string of the molecule is Cc1ccnc(-c2cccc3oc4ccccc4c23)c1. The summed E-state index contributed by atoms with van der Waals surface area (Å²) >= 11 is 0. The summed E-state index contributed by atoms with van der Waals surface area (Å²) in [5.74, 6) is 0. The van der Waals surface area contributed by atoms with Crippen molar-refractivity contribution in [2.45, 2.75) is 6.92 Å². The second-order valence-electron chi connectivity index (χ2n) is 5.00. The van der Waals surface area contributed by atoms with Gasteiger partial charge in [0.05, 0.1) is 5.69 Å². The largest absolute Gasteiger partial charge is 0.456 e. The van der Waals surface area contributed by atoms with E-state index in [1.807, 2.05) is 42.6 Å². The number of fused-ring (bicyclic) bond motifs is 3. The zero-order valence-electron chi connectivity index (χ0n) is 11.1. The average molecular weight is 259 g/mol. The monoisotopic (exact) mass is 259 g/mol. The maximum absolute atomic E-state index is 5.92. The molecule has 0 aliphatic carbocycles. The van der Waals surface area contributed by atoms with Crippen LogP contribution in [-0.4, -0.2) is 4.98 Å². The number of benzene rings is 2. The van der Waals surface area contributed by atoms with Gasteiger partial charge in [0.15, 0.2) is 0 Å². The highest BCUT2D eigenvalue weighted by atomic mass is 16.3. The van der Waals surface area contributed by atoms with Crippen LogP contribution in [0.5, 0.6) is 0 Å². The number of nitrogens with zero attached hydrogens (tertiary/aromatic N) is 1. The first kappa shape index (κ1) is 11.2. The third-order valence-corrected chi connectivity index (χ3v) is 3.59. The minimum atomic E-state index is 0.909. The molecule has 0 bridgehead atoms. The quantitative estimate of drug-likeness (QED) is 0.483. The van der Waals surface area contributed by atoms with Crippen LogP contribution in [0.15, 0.2) is 65.2 Å². The van der Waals surface area contributed by atoms with Crippen LogP contribution < -0.4 is 0 Å². The van der Waals surface area contributed by atoms with E-state index in [1.165, 1.54) is 5.56 Å². The first-order valence-corrected chi connectivity index (χ1v) is 6.66. The minimum Gasteiger partial charge on any atom is -0.456 e. The molecule has 2 aromatic carbocycles. The lowest BCUT2D eigenvalue weighted by Gasteiger charge is -2.03. The zero-order valence-corrected chi connectivity index (χ0v) is 11.1. The number of hydrogen-bond acceptors (Lipinski definition) is 2. The minimum absolute atomic E-state index is 0.909. The molecule has 2 aromatic heterocycles. The molecule has 0 N–H and O–H groups in total. The summed E-state index contributed by atoms with van der Waals surface area (Å²) in [5, 5.41) is 2.28. The fraction of sp³-hybridized carbons (Fsp3) is 0.0556. The second-order valence-corrected chi connectivity index (χ2v) is 5.00. The molecule has 0 spiro atoms. The molecule has 4 aromatic rings. The van der Waals surface area contributed by atoms with Crippen LogP contribution in [0.2, 0.25) is 0 Å². The predicted molar refractivity (Wildman–Crippen MR) is 81.7 cm³/mol. The Bertz CT molecular complexity index is 921. The van der Waals surface area contributed by atoms with Gasteiger partial charge < -0.3 is 4.42 Å². The van der Waals surface area contributed by atoms with Crippen LogP contribution in [0.3, 0.4) is 0 Å². The first-order valence-electron chi connectivity index (χ1n) is 6.66. The molecule has 0 fully saturated rings. The van der Waals surface area contributed by atoms with Gasteiger partial charge in [0.2, 0.25) is 0 Å². The number of hydrogen-bond donors (Lipinski definition) is 0. The van der Waals surface area contributed by atoms with Crippen molar-refractivity contribution in [2.24, 2.45) is 0 Å². The summed E-state index contributed by atoms with van der Waals surface area (Å²) in [7, 11) is 0. The van der Waals surface area contributed by atoms with E-state index >= 15 is 0 Å². The van der Waals surface area contributed by atoms with Crippen LogP contribution in [0.4, 0.5) is 0 Å². The lowest BCUT2D eigenvalue weighted by Crippen LogP contribution is -1.85. The molecule has 0 radical (unpaired) electrons. The molecule has 0 aliphatic rings. The van der Waals surface area contributed by atoms with E-state index in [0.717, 1.165) is 33.2 Å². The van der Waals surface area contributed by atoms with Gasteiger partial charge in [-0.15, -0.1) is 0 Å². The van der Waals surface area contributed by atoms with E-state index in [9.17, 15) is 0 Å². The highest BCUT2D eigenvalue weighted by Crippen LogP contribution is 2.35. The van der Waals surface area contributed by atoms with Gasteiger partial charge in [0.1, 0.15) is 11.2 Å². The topological polar surface area (TPSA) is 26.0 Å². The van der Waals surface area contributed by atoms with E-state index in [0.29, 0.717) is 0 Å². The molecule has 20 heavy (non-hydrogen) atoms. The van der Waals surface area contributed by atoms with Crippen LogP contribution in [0.25, 0.3) is 33.2 Å². The molecule has 0 amide bonds. The Kier molecular flexibility index (Phi) is 2.36. The third-order valence-electron chi connectivity index (χ3n) is 3.59. The fourth-order valence-electron chi connectivity index (χ4n) is 2.67.